The smallest absolute Gasteiger partial charge is 0.417 e. The quantitative estimate of drug-likeness (QED) is 0.616. The van der Waals surface area contributed by atoms with Crippen LogP contribution in [0.1, 0.15) is 53.3 Å². The number of rotatable bonds is 1. The van der Waals surface area contributed by atoms with Gasteiger partial charge in [0.25, 0.3) is 0 Å². The monoisotopic (exact) mass is 441 g/mol. The third-order valence-electron chi connectivity index (χ3n) is 5.94. The van der Waals surface area contributed by atoms with Crippen LogP contribution < -0.4 is 0 Å². The van der Waals surface area contributed by atoms with Crippen LogP contribution in [0.2, 0.25) is 0 Å². The van der Waals surface area contributed by atoms with E-state index in [9.17, 15) is 23.2 Å². The van der Waals surface area contributed by atoms with E-state index in [1.807, 2.05) is 6.07 Å². The summed E-state index contributed by atoms with van der Waals surface area (Å²) in [6.07, 6.45) is -1.85. The van der Waals surface area contributed by atoms with Crippen LogP contribution in [0.15, 0.2) is 36.0 Å². The number of hydrogen-bond acceptors (Lipinski definition) is 4. The number of fused-ring (bicyclic) bond motifs is 2. The molecule has 2 aliphatic rings. The van der Waals surface area contributed by atoms with E-state index in [4.69, 9.17) is 4.74 Å². The van der Waals surface area contributed by atoms with Crippen molar-refractivity contribution in [3.63, 3.8) is 0 Å². The zero-order valence-corrected chi connectivity index (χ0v) is 17.6. The number of carbonyl (C=O) groups is 1. The van der Waals surface area contributed by atoms with Gasteiger partial charge >= 0.3 is 12.3 Å². The van der Waals surface area contributed by atoms with E-state index < -0.39 is 11.7 Å². The molecule has 1 saturated heterocycles. The average Bonchev–Trinajstić information content (AvgIpc) is 2.94. The predicted molar refractivity (Wildman–Crippen MR) is 112 cm³/mol. The molecule has 0 radical (unpaired) electrons. The Morgan fingerprint density at radius 2 is 1.88 bits per heavy atom. The van der Waals surface area contributed by atoms with Gasteiger partial charge in [0.2, 0.25) is 0 Å². The summed E-state index contributed by atoms with van der Waals surface area (Å²) in [7, 11) is 0. The molecule has 4 rings (SSSR count). The summed E-state index contributed by atoms with van der Waals surface area (Å²) < 4.78 is 45.0. The number of likely N-dealkylation sites (tertiary alicyclic amines) is 1. The number of ether oxygens (including phenoxy) is 1. The maximum atomic E-state index is 13.3. The van der Waals surface area contributed by atoms with Gasteiger partial charge in [-0.3, -0.25) is 4.98 Å². The topological polar surface area (TPSA) is 66.2 Å². The summed E-state index contributed by atoms with van der Waals surface area (Å²) in [6, 6.07) is 8.72. The maximum Gasteiger partial charge on any atom is 0.417 e. The molecule has 32 heavy (non-hydrogen) atoms. The first kappa shape index (κ1) is 21.9. The number of benzene rings is 1. The Labute approximate surface area is 184 Å². The van der Waals surface area contributed by atoms with Gasteiger partial charge in [0.05, 0.1) is 29.5 Å². The number of pyridine rings is 1. The Kier molecular flexibility index (Phi) is 5.92. The van der Waals surface area contributed by atoms with Crippen molar-refractivity contribution in [2.45, 2.75) is 38.8 Å². The molecule has 0 saturated carbocycles. The molecular weight excluding hydrogens is 419 g/mol. The largest absolute Gasteiger partial charge is 0.450 e. The zero-order chi connectivity index (χ0) is 22.9. The molecule has 8 heteroatoms. The molecule has 1 fully saturated rings. The molecule has 0 atom stereocenters. The van der Waals surface area contributed by atoms with Crippen molar-refractivity contribution in [1.82, 2.24) is 9.88 Å². The fraction of sp³-hybridized carbons (Fsp3) is 0.375. The standard InChI is InChI=1S/C24H22F3N3O2/c1-2-32-23(31)30-9-7-16(8-10-30)21-20-6-3-15(13-28)11-17(20)4-5-18-12-19(24(25,26)27)14-29-22(18)21/h3,6,11-12,14H,2,4-5,7-10H2,1H3. The van der Waals surface area contributed by atoms with E-state index in [1.165, 1.54) is 6.07 Å². The van der Waals surface area contributed by atoms with Gasteiger partial charge in [-0.05, 0) is 67.5 Å². The molecule has 0 spiro atoms. The van der Waals surface area contributed by atoms with Crippen molar-refractivity contribution in [1.29, 1.82) is 5.26 Å². The predicted octanol–water partition coefficient (Wildman–Crippen LogP) is 5.12. The molecular formula is C24H22F3N3O2. The Morgan fingerprint density at radius 3 is 2.53 bits per heavy atom. The second-order valence-electron chi connectivity index (χ2n) is 7.88. The van der Waals surface area contributed by atoms with E-state index in [0.29, 0.717) is 62.2 Å². The number of piperidine rings is 1. The molecule has 2 heterocycles. The minimum Gasteiger partial charge on any atom is -0.450 e. The van der Waals surface area contributed by atoms with E-state index in [2.05, 4.69) is 11.1 Å². The molecule has 1 aliphatic carbocycles. The molecule has 1 amide bonds. The normalized spacial score (nSPS) is 16.0. The summed E-state index contributed by atoms with van der Waals surface area (Å²) in [4.78, 5) is 18.0. The number of aromatic nitrogens is 1. The lowest BCUT2D eigenvalue weighted by Crippen LogP contribution is -2.37. The van der Waals surface area contributed by atoms with Gasteiger partial charge < -0.3 is 9.64 Å². The lowest BCUT2D eigenvalue weighted by molar-refractivity contribution is -0.137. The highest BCUT2D eigenvalue weighted by Crippen LogP contribution is 2.40. The highest BCUT2D eigenvalue weighted by atomic mass is 19.4. The minimum atomic E-state index is -4.46. The highest BCUT2D eigenvalue weighted by molar-refractivity contribution is 5.85. The van der Waals surface area contributed by atoms with Gasteiger partial charge in [0.15, 0.2) is 0 Å². The summed E-state index contributed by atoms with van der Waals surface area (Å²) in [5, 5.41) is 9.30. The van der Waals surface area contributed by atoms with Gasteiger partial charge in [-0.25, -0.2) is 4.79 Å². The Morgan fingerprint density at radius 1 is 1.16 bits per heavy atom. The third kappa shape index (κ3) is 4.20. The van der Waals surface area contributed by atoms with Gasteiger partial charge in [-0.2, -0.15) is 18.4 Å². The van der Waals surface area contributed by atoms with Gasteiger partial charge in [0.1, 0.15) is 0 Å². The number of aryl methyl sites for hydroxylation is 2. The van der Waals surface area contributed by atoms with Crippen molar-refractivity contribution in [2.75, 3.05) is 19.7 Å². The van der Waals surface area contributed by atoms with E-state index >= 15 is 0 Å². The Bertz CT molecular complexity index is 1120. The van der Waals surface area contributed by atoms with Crippen LogP contribution in [0.5, 0.6) is 0 Å². The molecule has 2 aromatic rings. The van der Waals surface area contributed by atoms with E-state index in [-0.39, 0.29) is 6.09 Å². The van der Waals surface area contributed by atoms with Crippen LogP contribution in [-0.4, -0.2) is 35.7 Å². The molecule has 0 bridgehead atoms. The summed E-state index contributed by atoms with van der Waals surface area (Å²) >= 11 is 0. The molecule has 0 N–H and O–H groups in total. The first-order valence-electron chi connectivity index (χ1n) is 10.6. The number of nitriles is 1. The average molecular weight is 441 g/mol. The summed E-state index contributed by atoms with van der Waals surface area (Å²) in [5.74, 6) is 0. The fourth-order valence-electron chi connectivity index (χ4n) is 4.37. The molecule has 1 aromatic carbocycles. The number of nitrogens with zero attached hydrogens (tertiary/aromatic N) is 3. The van der Waals surface area contributed by atoms with Crippen molar-refractivity contribution < 1.29 is 22.7 Å². The zero-order valence-electron chi connectivity index (χ0n) is 17.6. The van der Waals surface area contributed by atoms with Crippen LogP contribution in [-0.2, 0) is 23.8 Å². The van der Waals surface area contributed by atoms with Crippen molar-refractivity contribution in [2.24, 2.45) is 0 Å². The second kappa shape index (κ2) is 8.65. The molecule has 1 aliphatic heterocycles. The van der Waals surface area contributed by atoms with E-state index in [0.717, 1.165) is 28.5 Å². The van der Waals surface area contributed by atoms with Crippen molar-refractivity contribution in [3.05, 3.63) is 69.5 Å². The molecule has 1 aromatic heterocycles. The molecule has 0 unspecified atom stereocenters. The van der Waals surface area contributed by atoms with Crippen LogP contribution in [0.25, 0.3) is 5.57 Å². The van der Waals surface area contributed by atoms with E-state index in [1.54, 1.807) is 24.0 Å². The van der Waals surface area contributed by atoms with Crippen LogP contribution in [0.3, 0.4) is 0 Å². The number of alkyl halides is 3. The fourth-order valence-corrected chi connectivity index (χ4v) is 4.37. The van der Waals surface area contributed by atoms with Gasteiger partial charge in [0, 0.05) is 24.9 Å². The van der Waals surface area contributed by atoms with Crippen LogP contribution in [0, 0.1) is 11.3 Å². The second-order valence-corrected chi connectivity index (χ2v) is 7.88. The molecule has 5 nitrogen and oxygen atoms in total. The van der Waals surface area contributed by atoms with Crippen LogP contribution in [0.4, 0.5) is 18.0 Å². The lowest BCUT2D eigenvalue weighted by Gasteiger charge is -2.29. The first-order chi connectivity index (χ1) is 15.3. The third-order valence-corrected chi connectivity index (χ3v) is 5.94. The van der Waals surface area contributed by atoms with Crippen LogP contribution >= 0.6 is 0 Å². The minimum absolute atomic E-state index is 0.302. The Balaban J connectivity index is 1.81. The highest BCUT2D eigenvalue weighted by Gasteiger charge is 2.33. The maximum absolute atomic E-state index is 13.3. The Hall–Kier alpha value is -3.34. The van der Waals surface area contributed by atoms with Crippen molar-refractivity contribution >= 4 is 11.7 Å². The number of hydrogen-bond donors (Lipinski definition) is 0. The summed E-state index contributed by atoms with van der Waals surface area (Å²) in [5.41, 5.74) is 4.55. The van der Waals surface area contributed by atoms with Gasteiger partial charge in [-0.1, -0.05) is 11.6 Å². The number of amides is 1. The number of carbonyl (C=O) groups excluding carboxylic acids is 1. The summed E-state index contributed by atoms with van der Waals surface area (Å²) in [6.45, 7) is 3.00. The number of halogens is 3. The SMILES string of the molecule is CCOC(=O)N1CCC(=C2c3ccc(C#N)cc3CCc3cc(C(F)(F)F)cnc32)CC1. The van der Waals surface area contributed by atoms with Crippen molar-refractivity contribution in [3.8, 4) is 6.07 Å². The lowest BCUT2D eigenvalue weighted by atomic mass is 9.88. The first-order valence-corrected chi connectivity index (χ1v) is 10.6. The van der Waals surface area contributed by atoms with Gasteiger partial charge in [-0.15, -0.1) is 0 Å². The molecule has 166 valence electrons.